The number of piperidine rings is 1. The Morgan fingerprint density at radius 2 is 2.00 bits per heavy atom. The number of rotatable bonds is 2. The van der Waals surface area contributed by atoms with Crippen LogP contribution < -0.4 is 0 Å². The molecule has 0 aliphatic carbocycles. The molecular weight excluding hydrogens is 240 g/mol. The van der Waals surface area contributed by atoms with Crippen molar-refractivity contribution in [2.24, 2.45) is 10.3 Å². The van der Waals surface area contributed by atoms with Crippen LogP contribution in [0.5, 0.6) is 0 Å². The van der Waals surface area contributed by atoms with Crippen molar-refractivity contribution in [2.45, 2.75) is 38.4 Å². The molecule has 1 amide bonds. The SMILES string of the molecule is CC(C)(C)[S+]([O-])N=CC1CCN(C(=O)O)CC1. The molecule has 0 aromatic rings. The quantitative estimate of drug-likeness (QED) is 0.608. The van der Waals surface area contributed by atoms with E-state index in [9.17, 15) is 9.35 Å². The van der Waals surface area contributed by atoms with E-state index in [4.69, 9.17) is 5.11 Å². The predicted octanol–water partition coefficient (Wildman–Crippen LogP) is 1.91. The van der Waals surface area contributed by atoms with Crippen molar-refractivity contribution in [3.63, 3.8) is 0 Å². The summed E-state index contributed by atoms with van der Waals surface area (Å²) in [4.78, 5) is 12.1. The number of likely N-dealkylation sites (tertiary alicyclic amines) is 1. The maximum absolute atomic E-state index is 11.7. The molecule has 98 valence electrons. The number of carboxylic acid groups (broad SMARTS) is 1. The zero-order valence-electron chi connectivity index (χ0n) is 10.5. The fraction of sp³-hybridized carbons (Fsp3) is 0.818. The Hall–Kier alpha value is -0.750. The van der Waals surface area contributed by atoms with Crippen molar-refractivity contribution in [2.75, 3.05) is 13.1 Å². The third-order valence-electron chi connectivity index (χ3n) is 2.70. The van der Waals surface area contributed by atoms with Gasteiger partial charge in [-0.3, -0.25) is 0 Å². The first kappa shape index (κ1) is 14.3. The van der Waals surface area contributed by atoms with Gasteiger partial charge in [-0.25, -0.2) is 4.79 Å². The number of nitrogens with zero attached hydrogens (tertiary/aromatic N) is 2. The van der Waals surface area contributed by atoms with Crippen molar-refractivity contribution in [3.05, 3.63) is 0 Å². The van der Waals surface area contributed by atoms with E-state index >= 15 is 0 Å². The lowest BCUT2D eigenvalue weighted by Gasteiger charge is -2.27. The second-order valence-corrected chi connectivity index (χ2v) is 7.16. The van der Waals surface area contributed by atoms with Crippen LogP contribution in [0.2, 0.25) is 0 Å². The minimum atomic E-state index is -1.22. The number of hydrogen-bond donors (Lipinski definition) is 1. The van der Waals surface area contributed by atoms with Crippen molar-refractivity contribution >= 4 is 23.7 Å². The Labute approximate surface area is 105 Å². The molecule has 0 aromatic carbocycles. The van der Waals surface area contributed by atoms with Crippen LogP contribution in [0, 0.1) is 5.92 Å². The van der Waals surface area contributed by atoms with Crippen LogP contribution in [0.1, 0.15) is 33.6 Å². The lowest BCUT2D eigenvalue weighted by atomic mass is 9.99. The van der Waals surface area contributed by atoms with Gasteiger partial charge < -0.3 is 14.6 Å². The summed E-state index contributed by atoms with van der Waals surface area (Å²) in [5.41, 5.74) is 0. The molecule has 1 heterocycles. The highest BCUT2D eigenvalue weighted by Crippen LogP contribution is 2.19. The minimum Gasteiger partial charge on any atom is -0.591 e. The van der Waals surface area contributed by atoms with E-state index in [1.807, 2.05) is 20.8 Å². The molecule has 1 fully saturated rings. The lowest BCUT2D eigenvalue weighted by molar-refractivity contribution is 0.131. The van der Waals surface area contributed by atoms with Crippen molar-refractivity contribution in [1.82, 2.24) is 4.90 Å². The van der Waals surface area contributed by atoms with Crippen LogP contribution in [0.25, 0.3) is 0 Å². The summed E-state index contributed by atoms with van der Waals surface area (Å²) < 4.78 is 15.4. The largest absolute Gasteiger partial charge is 0.591 e. The van der Waals surface area contributed by atoms with E-state index in [1.165, 1.54) is 4.90 Å². The van der Waals surface area contributed by atoms with Gasteiger partial charge in [-0.1, -0.05) is 4.40 Å². The maximum atomic E-state index is 11.7. The smallest absolute Gasteiger partial charge is 0.407 e. The summed E-state index contributed by atoms with van der Waals surface area (Å²) in [6, 6.07) is 0. The number of carbonyl (C=O) groups is 1. The van der Waals surface area contributed by atoms with Gasteiger partial charge >= 0.3 is 6.09 Å². The second-order valence-electron chi connectivity index (χ2n) is 5.22. The van der Waals surface area contributed by atoms with Crippen LogP contribution in [-0.4, -0.2) is 44.7 Å². The maximum Gasteiger partial charge on any atom is 0.407 e. The third-order valence-corrected chi connectivity index (χ3v) is 4.06. The zero-order valence-corrected chi connectivity index (χ0v) is 11.4. The summed E-state index contributed by atoms with van der Waals surface area (Å²) in [5, 5.41) is 8.79. The van der Waals surface area contributed by atoms with Gasteiger partial charge in [0.15, 0.2) is 0 Å². The molecule has 1 aliphatic heterocycles. The molecule has 0 bridgehead atoms. The van der Waals surface area contributed by atoms with E-state index in [-0.39, 0.29) is 10.7 Å². The van der Waals surface area contributed by atoms with Crippen molar-refractivity contribution < 1.29 is 14.5 Å². The molecule has 0 radical (unpaired) electrons. The Kier molecular flexibility index (Phi) is 4.82. The van der Waals surface area contributed by atoms with E-state index < -0.39 is 17.5 Å². The lowest BCUT2D eigenvalue weighted by Crippen LogP contribution is -2.38. The van der Waals surface area contributed by atoms with Crippen LogP contribution in [0.4, 0.5) is 4.79 Å². The summed E-state index contributed by atoms with van der Waals surface area (Å²) >= 11 is -1.22. The molecule has 0 spiro atoms. The minimum absolute atomic E-state index is 0.247. The molecule has 0 saturated carbocycles. The normalized spacial score (nSPS) is 20.8. The summed E-state index contributed by atoms with van der Waals surface area (Å²) in [7, 11) is 0. The highest BCUT2D eigenvalue weighted by atomic mass is 32.2. The Bertz CT molecular complexity index is 294. The molecule has 1 saturated heterocycles. The van der Waals surface area contributed by atoms with Crippen molar-refractivity contribution in [3.8, 4) is 0 Å². The van der Waals surface area contributed by atoms with Gasteiger partial charge in [0.2, 0.25) is 0 Å². The fourth-order valence-electron chi connectivity index (χ4n) is 1.54. The Morgan fingerprint density at radius 3 is 2.41 bits per heavy atom. The molecule has 1 N–H and O–H groups in total. The number of hydrogen-bond acceptors (Lipinski definition) is 3. The second kappa shape index (κ2) is 5.73. The molecule has 1 rings (SSSR count). The van der Waals surface area contributed by atoms with E-state index in [0.717, 1.165) is 12.8 Å². The van der Waals surface area contributed by atoms with Crippen LogP contribution in [-0.2, 0) is 11.4 Å². The molecule has 1 unspecified atom stereocenters. The van der Waals surface area contributed by atoms with Gasteiger partial charge in [-0.15, -0.1) is 0 Å². The summed E-state index contributed by atoms with van der Waals surface area (Å²) in [5.74, 6) is 0.247. The van der Waals surface area contributed by atoms with E-state index in [0.29, 0.717) is 13.1 Å². The van der Waals surface area contributed by atoms with E-state index in [1.54, 1.807) is 6.21 Å². The van der Waals surface area contributed by atoms with Gasteiger partial charge in [0.1, 0.15) is 16.1 Å². The first-order chi connectivity index (χ1) is 7.80. The highest BCUT2D eigenvalue weighted by molar-refractivity contribution is 7.91. The fourth-order valence-corrected chi connectivity index (χ4v) is 2.14. The van der Waals surface area contributed by atoms with Crippen LogP contribution >= 0.6 is 0 Å². The molecule has 1 aliphatic rings. The van der Waals surface area contributed by atoms with E-state index in [2.05, 4.69) is 4.40 Å². The van der Waals surface area contributed by atoms with Gasteiger partial charge in [-0.2, -0.15) is 0 Å². The first-order valence-corrected chi connectivity index (χ1v) is 6.85. The van der Waals surface area contributed by atoms with Crippen molar-refractivity contribution in [1.29, 1.82) is 0 Å². The highest BCUT2D eigenvalue weighted by Gasteiger charge is 2.27. The molecule has 5 nitrogen and oxygen atoms in total. The van der Waals surface area contributed by atoms with Gasteiger partial charge in [0.05, 0.1) is 6.21 Å². The Morgan fingerprint density at radius 1 is 1.47 bits per heavy atom. The molecule has 17 heavy (non-hydrogen) atoms. The van der Waals surface area contributed by atoms with Gasteiger partial charge in [0.25, 0.3) is 0 Å². The topological polar surface area (TPSA) is 76.0 Å². The molecule has 0 aromatic heterocycles. The van der Waals surface area contributed by atoms with Gasteiger partial charge in [0, 0.05) is 19.0 Å². The summed E-state index contributed by atoms with van der Waals surface area (Å²) in [6.45, 7) is 6.72. The molecule has 1 atom stereocenters. The predicted molar refractivity (Wildman–Crippen MR) is 68.7 cm³/mol. The number of amides is 1. The van der Waals surface area contributed by atoms with Crippen LogP contribution in [0.15, 0.2) is 4.40 Å². The average molecular weight is 260 g/mol. The molecule has 6 heteroatoms. The average Bonchev–Trinajstić information content (AvgIpc) is 2.25. The monoisotopic (exact) mass is 260 g/mol. The summed E-state index contributed by atoms with van der Waals surface area (Å²) in [6.07, 6.45) is 2.40. The van der Waals surface area contributed by atoms with Gasteiger partial charge in [-0.05, 0) is 33.6 Å². The first-order valence-electron chi connectivity index (χ1n) is 5.75. The standard InChI is InChI=1S/C11H20N2O3S/c1-11(2,3)17(16)12-8-9-4-6-13(7-5-9)10(14)15/h8-9H,4-7H2,1-3H3,(H,14,15). The Balaban J connectivity index is 2.40. The van der Waals surface area contributed by atoms with Crippen LogP contribution in [0.3, 0.4) is 0 Å². The molecular formula is C11H20N2O3S. The zero-order chi connectivity index (χ0) is 13.1. The third kappa shape index (κ3) is 4.55.